The Morgan fingerprint density at radius 3 is 2.57 bits per heavy atom. The maximum absolute atomic E-state index is 12.7. The molecule has 0 radical (unpaired) electrons. The molecule has 4 nitrogen and oxygen atoms in total. The first-order valence-corrected chi connectivity index (χ1v) is 9.80. The summed E-state index contributed by atoms with van der Waals surface area (Å²) < 4.78 is 27.8. The first-order valence-electron chi connectivity index (χ1n) is 7.56. The number of sulfonamides is 1. The minimum absolute atomic E-state index is 0.384. The predicted molar refractivity (Wildman–Crippen MR) is 86.6 cm³/mol. The smallest absolute Gasteiger partial charge is 0.243 e. The molecule has 2 fully saturated rings. The van der Waals surface area contributed by atoms with Crippen LogP contribution in [0.4, 0.5) is 0 Å². The highest BCUT2D eigenvalue weighted by molar-refractivity contribution is 9.10. The molecule has 0 spiro atoms. The van der Waals surface area contributed by atoms with Gasteiger partial charge >= 0.3 is 0 Å². The summed E-state index contributed by atoms with van der Waals surface area (Å²) in [7, 11) is -3.35. The monoisotopic (exact) mass is 372 g/mol. The normalized spacial score (nSPS) is 25.3. The van der Waals surface area contributed by atoms with Crippen LogP contribution in [0.25, 0.3) is 0 Å². The Labute approximate surface area is 135 Å². The third-order valence-corrected chi connectivity index (χ3v) is 6.99. The van der Waals surface area contributed by atoms with Crippen molar-refractivity contribution in [1.29, 1.82) is 0 Å². The maximum atomic E-state index is 12.7. The zero-order valence-corrected chi connectivity index (χ0v) is 14.4. The van der Waals surface area contributed by atoms with E-state index >= 15 is 0 Å². The van der Waals surface area contributed by atoms with Crippen LogP contribution in [0.2, 0.25) is 0 Å². The zero-order valence-electron chi connectivity index (χ0n) is 12.0. The van der Waals surface area contributed by atoms with Crippen molar-refractivity contribution in [2.45, 2.75) is 36.6 Å². The summed E-state index contributed by atoms with van der Waals surface area (Å²) in [5.41, 5.74) is 0. The SMILES string of the molecule is O=S(=O)(c1cccc(Br)c1)N1CCC(C2CCCN2)CC1. The molecule has 0 aliphatic carbocycles. The van der Waals surface area contributed by atoms with E-state index in [0.717, 1.165) is 23.9 Å². The van der Waals surface area contributed by atoms with Gasteiger partial charge in [-0.15, -0.1) is 0 Å². The van der Waals surface area contributed by atoms with Crippen molar-refractivity contribution in [1.82, 2.24) is 9.62 Å². The van der Waals surface area contributed by atoms with Crippen LogP contribution in [0.5, 0.6) is 0 Å². The van der Waals surface area contributed by atoms with E-state index in [4.69, 9.17) is 0 Å². The lowest BCUT2D eigenvalue weighted by Crippen LogP contribution is -2.43. The van der Waals surface area contributed by atoms with Crippen molar-refractivity contribution in [3.63, 3.8) is 0 Å². The van der Waals surface area contributed by atoms with Crippen molar-refractivity contribution >= 4 is 26.0 Å². The van der Waals surface area contributed by atoms with Gasteiger partial charge in [0.05, 0.1) is 4.90 Å². The highest BCUT2D eigenvalue weighted by Gasteiger charge is 2.33. The van der Waals surface area contributed by atoms with Crippen molar-refractivity contribution in [3.8, 4) is 0 Å². The summed E-state index contributed by atoms with van der Waals surface area (Å²) in [6.07, 6.45) is 4.42. The maximum Gasteiger partial charge on any atom is 0.243 e. The molecule has 0 saturated carbocycles. The highest BCUT2D eigenvalue weighted by atomic mass is 79.9. The van der Waals surface area contributed by atoms with E-state index in [9.17, 15) is 8.42 Å². The van der Waals surface area contributed by atoms with Crippen molar-refractivity contribution in [2.75, 3.05) is 19.6 Å². The van der Waals surface area contributed by atoms with Crippen LogP contribution in [-0.4, -0.2) is 38.4 Å². The number of piperidine rings is 1. The standard InChI is InChI=1S/C15H21BrN2O2S/c16-13-3-1-4-14(11-13)21(19,20)18-9-6-12(7-10-18)15-5-2-8-17-15/h1,3-4,11-12,15,17H,2,5-10H2. The molecular formula is C15H21BrN2O2S. The lowest BCUT2D eigenvalue weighted by Gasteiger charge is -2.34. The summed E-state index contributed by atoms with van der Waals surface area (Å²) in [5, 5.41) is 3.54. The fourth-order valence-electron chi connectivity index (χ4n) is 3.41. The Bertz CT molecular complexity index is 591. The van der Waals surface area contributed by atoms with Gasteiger partial charge in [0.25, 0.3) is 0 Å². The molecule has 2 aliphatic heterocycles. The third kappa shape index (κ3) is 3.33. The molecule has 116 valence electrons. The predicted octanol–water partition coefficient (Wildman–Crippen LogP) is 2.60. The topological polar surface area (TPSA) is 49.4 Å². The van der Waals surface area contributed by atoms with Crippen molar-refractivity contribution in [2.24, 2.45) is 5.92 Å². The second-order valence-electron chi connectivity index (χ2n) is 5.90. The lowest BCUT2D eigenvalue weighted by molar-refractivity contribution is 0.234. The summed E-state index contributed by atoms with van der Waals surface area (Å²) in [5.74, 6) is 0.626. The van der Waals surface area contributed by atoms with Crippen LogP contribution < -0.4 is 5.32 Å². The van der Waals surface area contributed by atoms with Gasteiger partial charge in [0.1, 0.15) is 0 Å². The van der Waals surface area contributed by atoms with E-state index in [1.165, 1.54) is 12.8 Å². The second-order valence-corrected chi connectivity index (χ2v) is 8.76. The van der Waals surface area contributed by atoms with E-state index in [1.54, 1.807) is 22.5 Å². The molecule has 0 bridgehead atoms. The quantitative estimate of drug-likeness (QED) is 0.886. The minimum atomic E-state index is -3.35. The van der Waals surface area contributed by atoms with Gasteiger partial charge in [-0.2, -0.15) is 4.31 Å². The number of halogens is 1. The zero-order chi connectivity index (χ0) is 14.9. The van der Waals surface area contributed by atoms with E-state index in [-0.39, 0.29) is 0 Å². The van der Waals surface area contributed by atoms with Crippen molar-refractivity contribution < 1.29 is 8.42 Å². The van der Waals surface area contributed by atoms with E-state index in [0.29, 0.717) is 29.9 Å². The lowest BCUT2D eigenvalue weighted by atomic mass is 9.89. The number of hydrogen-bond donors (Lipinski definition) is 1. The molecule has 1 unspecified atom stereocenters. The second kappa shape index (κ2) is 6.36. The van der Waals surface area contributed by atoms with Gasteiger partial charge < -0.3 is 5.32 Å². The van der Waals surface area contributed by atoms with E-state index < -0.39 is 10.0 Å². The van der Waals surface area contributed by atoms with Crippen LogP contribution in [0, 0.1) is 5.92 Å². The molecule has 6 heteroatoms. The van der Waals surface area contributed by atoms with Gasteiger partial charge in [0.15, 0.2) is 0 Å². The Balaban J connectivity index is 1.68. The molecule has 1 atom stereocenters. The first-order chi connectivity index (χ1) is 10.1. The Hall–Kier alpha value is -0.430. The fraction of sp³-hybridized carbons (Fsp3) is 0.600. The van der Waals surface area contributed by atoms with Gasteiger partial charge in [-0.3, -0.25) is 0 Å². The molecule has 2 heterocycles. The molecule has 1 aromatic carbocycles. The molecular weight excluding hydrogens is 352 g/mol. The molecule has 21 heavy (non-hydrogen) atoms. The molecule has 1 N–H and O–H groups in total. The van der Waals surface area contributed by atoms with Gasteiger partial charge in [0, 0.05) is 23.6 Å². The van der Waals surface area contributed by atoms with Gasteiger partial charge in [-0.05, 0) is 56.3 Å². The third-order valence-electron chi connectivity index (χ3n) is 4.60. The average molecular weight is 373 g/mol. The number of nitrogens with zero attached hydrogens (tertiary/aromatic N) is 1. The Morgan fingerprint density at radius 1 is 1.19 bits per heavy atom. The van der Waals surface area contributed by atoms with Crippen LogP contribution in [0.15, 0.2) is 33.6 Å². The average Bonchev–Trinajstić information content (AvgIpc) is 3.02. The number of rotatable bonds is 3. The van der Waals surface area contributed by atoms with Gasteiger partial charge in [-0.25, -0.2) is 8.42 Å². The number of nitrogens with one attached hydrogen (secondary N) is 1. The summed E-state index contributed by atoms with van der Waals surface area (Å²) in [4.78, 5) is 0.384. The van der Waals surface area contributed by atoms with Crippen LogP contribution in [0.1, 0.15) is 25.7 Å². The van der Waals surface area contributed by atoms with Crippen LogP contribution in [-0.2, 0) is 10.0 Å². The molecule has 0 amide bonds. The Kier molecular flexibility index (Phi) is 4.69. The molecule has 2 saturated heterocycles. The van der Waals surface area contributed by atoms with Gasteiger partial charge in [-0.1, -0.05) is 22.0 Å². The van der Waals surface area contributed by atoms with E-state index in [1.807, 2.05) is 6.07 Å². The highest BCUT2D eigenvalue weighted by Crippen LogP contribution is 2.29. The number of hydrogen-bond acceptors (Lipinski definition) is 3. The molecule has 0 aromatic heterocycles. The first kappa shape index (κ1) is 15.5. The van der Waals surface area contributed by atoms with Crippen LogP contribution >= 0.6 is 15.9 Å². The van der Waals surface area contributed by atoms with E-state index in [2.05, 4.69) is 21.2 Å². The molecule has 1 aromatic rings. The number of benzene rings is 1. The Morgan fingerprint density at radius 2 is 1.95 bits per heavy atom. The summed E-state index contributed by atoms with van der Waals surface area (Å²) >= 11 is 3.34. The van der Waals surface area contributed by atoms with Gasteiger partial charge in [0.2, 0.25) is 10.0 Å². The molecule has 2 aliphatic rings. The fourth-order valence-corrected chi connectivity index (χ4v) is 5.48. The molecule has 3 rings (SSSR count). The minimum Gasteiger partial charge on any atom is -0.314 e. The summed E-state index contributed by atoms with van der Waals surface area (Å²) in [6.45, 7) is 2.39. The summed E-state index contributed by atoms with van der Waals surface area (Å²) in [6, 6.07) is 7.56. The van der Waals surface area contributed by atoms with Crippen molar-refractivity contribution in [3.05, 3.63) is 28.7 Å². The largest absolute Gasteiger partial charge is 0.314 e. The van der Waals surface area contributed by atoms with Crippen LogP contribution in [0.3, 0.4) is 0 Å².